The van der Waals surface area contributed by atoms with Crippen LogP contribution in [-0.2, 0) is 5.60 Å². The Hall–Kier alpha value is -1.26. The third kappa shape index (κ3) is 5.12. The highest BCUT2D eigenvalue weighted by Crippen LogP contribution is 2.35. The van der Waals surface area contributed by atoms with E-state index in [2.05, 4.69) is 15.9 Å². The van der Waals surface area contributed by atoms with Gasteiger partial charge in [-0.15, -0.1) is 0 Å². The Balaban J connectivity index is 2.15. The monoisotopic (exact) mass is 396 g/mol. The van der Waals surface area contributed by atoms with E-state index in [9.17, 15) is 13.9 Å². The molecule has 2 aromatic rings. The lowest BCUT2D eigenvalue weighted by molar-refractivity contribution is 0.0677. The first-order chi connectivity index (χ1) is 11.6. The van der Waals surface area contributed by atoms with Gasteiger partial charge in [0.2, 0.25) is 0 Å². The lowest BCUT2D eigenvalue weighted by atomic mass is 9.82. The molecule has 1 nitrogen and oxygen atoms in total. The summed E-state index contributed by atoms with van der Waals surface area (Å²) in [6.07, 6.45) is 5.84. The van der Waals surface area contributed by atoms with Crippen LogP contribution in [-0.4, -0.2) is 10.4 Å². The van der Waals surface area contributed by atoms with Gasteiger partial charge in [0.15, 0.2) is 0 Å². The molecule has 2 rings (SSSR count). The number of benzene rings is 2. The molecule has 0 unspecified atom stereocenters. The molecular formula is C20H23BrF2O. The number of alkyl halides is 1. The van der Waals surface area contributed by atoms with Gasteiger partial charge in [0.1, 0.15) is 17.2 Å². The molecule has 4 heteroatoms. The molecule has 0 aromatic heterocycles. The fraction of sp³-hybridized carbons (Fsp3) is 0.400. The number of aliphatic hydroxyl groups is 1. The summed E-state index contributed by atoms with van der Waals surface area (Å²) < 4.78 is 26.4. The minimum atomic E-state index is -1.23. The van der Waals surface area contributed by atoms with E-state index in [4.69, 9.17) is 0 Å². The molecule has 0 amide bonds. The molecule has 0 spiro atoms. The highest BCUT2D eigenvalue weighted by atomic mass is 79.9. The number of halogens is 3. The van der Waals surface area contributed by atoms with Crippen LogP contribution in [0.25, 0.3) is 0 Å². The molecule has 0 aliphatic heterocycles. The average molecular weight is 397 g/mol. The fourth-order valence-electron chi connectivity index (χ4n) is 2.91. The maximum atomic E-state index is 13.2. The minimum Gasteiger partial charge on any atom is -0.380 e. The molecular weight excluding hydrogens is 374 g/mol. The summed E-state index contributed by atoms with van der Waals surface area (Å²) >= 11 is 3.42. The predicted molar refractivity (Wildman–Crippen MR) is 97.3 cm³/mol. The van der Waals surface area contributed by atoms with Crippen molar-refractivity contribution in [2.75, 3.05) is 5.33 Å². The SMILES string of the molecule is OC(CCCCCCCBr)(c1ccc(F)cc1)c1ccc(F)cc1. The Kier molecular flexibility index (Phi) is 7.38. The fourth-order valence-corrected chi connectivity index (χ4v) is 3.31. The maximum Gasteiger partial charge on any atom is 0.123 e. The van der Waals surface area contributed by atoms with Crippen molar-refractivity contribution in [3.63, 3.8) is 0 Å². The zero-order valence-corrected chi connectivity index (χ0v) is 15.2. The van der Waals surface area contributed by atoms with E-state index in [1.54, 1.807) is 24.3 Å². The van der Waals surface area contributed by atoms with Crippen LogP contribution in [0.1, 0.15) is 49.7 Å². The van der Waals surface area contributed by atoms with Crippen molar-refractivity contribution in [3.8, 4) is 0 Å². The summed E-state index contributed by atoms with van der Waals surface area (Å²) in [7, 11) is 0. The molecule has 1 N–H and O–H groups in total. The van der Waals surface area contributed by atoms with Gasteiger partial charge in [-0.3, -0.25) is 0 Å². The molecule has 0 saturated heterocycles. The third-order valence-corrected chi connectivity index (χ3v) is 4.88. The van der Waals surface area contributed by atoms with Crippen molar-refractivity contribution in [1.82, 2.24) is 0 Å². The summed E-state index contributed by atoms with van der Waals surface area (Å²) in [5, 5.41) is 12.3. The Labute approximate surface area is 150 Å². The number of rotatable bonds is 9. The first-order valence-corrected chi connectivity index (χ1v) is 9.49. The largest absolute Gasteiger partial charge is 0.380 e. The molecule has 2 aromatic carbocycles. The van der Waals surface area contributed by atoms with Crippen molar-refractivity contribution in [2.45, 2.75) is 44.1 Å². The quantitative estimate of drug-likeness (QED) is 0.410. The van der Waals surface area contributed by atoms with Crippen LogP contribution in [0, 0.1) is 11.6 Å². The average Bonchev–Trinajstić information content (AvgIpc) is 2.59. The van der Waals surface area contributed by atoms with Gasteiger partial charge < -0.3 is 5.11 Å². The van der Waals surface area contributed by atoms with Crippen LogP contribution in [0.5, 0.6) is 0 Å². The van der Waals surface area contributed by atoms with E-state index in [0.717, 1.165) is 37.4 Å². The van der Waals surface area contributed by atoms with E-state index < -0.39 is 5.60 Å². The van der Waals surface area contributed by atoms with Gasteiger partial charge in [-0.25, -0.2) is 8.78 Å². The van der Waals surface area contributed by atoms with E-state index >= 15 is 0 Å². The van der Waals surface area contributed by atoms with E-state index in [1.807, 2.05) is 0 Å². The minimum absolute atomic E-state index is 0.338. The van der Waals surface area contributed by atoms with Crippen LogP contribution in [0.2, 0.25) is 0 Å². The standard InChI is InChI=1S/C20H23BrF2O/c21-15-5-3-1-2-4-14-20(24,16-6-10-18(22)11-7-16)17-8-12-19(23)13-9-17/h6-13,24H,1-5,14-15H2. The summed E-state index contributed by atoms with van der Waals surface area (Å²) in [6, 6.07) is 11.8. The van der Waals surface area contributed by atoms with Gasteiger partial charge in [-0.2, -0.15) is 0 Å². The molecule has 0 bridgehead atoms. The van der Waals surface area contributed by atoms with Crippen LogP contribution in [0.3, 0.4) is 0 Å². The van der Waals surface area contributed by atoms with Crippen LogP contribution >= 0.6 is 15.9 Å². The summed E-state index contributed by atoms with van der Waals surface area (Å²) in [5.74, 6) is -0.676. The summed E-state index contributed by atoms with van der Waals surface area (Å²) in [4.78, 5) is 0. The third-order valence-electron chi connectivity index (χ3n) is 4.32. The van der Waals surface area contributed by atoms with Gasteiger partial charge >= 0.3 is 0 Å². The normalized spacial score (nSPS) is 11.7. The molecule has 0 radical (unpaired) electrons. The number of unbranched alkanes of at least 4 members (excludes halogenated alkanes) is 4. The second kappa shape index (κ2) is 9.28. The van der Waals surface area contributed by atoms with Gasteiger partial charge in [0.25, 0.3) is 0 Å². The van der Waals surface area contributed by atoms with Crippen LogP contribution in [0.4, 0.5) is 8.78 Å². The Morgan fingerprint density at radius 3 is 1.58 bits per heavy atom. The Bertz CT molecular complexity index is 565. The zero-order valence-electron chi connectivity index (χ0n) is 13.6. The molecule has 0 saturated carbocycles. The maximum absolute atomic E-state index is 13.2. The summed E-state index contributed by atoms with van der Waals surface area (Å²) in [5.41, 5.74) is 0.0449. The number of hydrogen-bond donors (Lipinski definition) is 1. The zero-order chi connectivity index (χ0) is 17.4. The van der Waals surface area contributed by atoms with Gasteiger partial charge in [-0.05, 0) is 54.7 Å². The molecule has 0 fully saturated rings. The van der Waals surface area contributed by atoms with Crippen molar-refractivity contribution in [3.05, 3.63) is 71.3 Å². The molecule has 24 heavy (non-hydrogen) atoms. The Morgan fingerprint density at radius 1 is 0.708 bits per heavy atom. The van der Waals surface area contributed by atoms with Crippen molar-refractivity contribution < 1.29 is 13.9 Å². The second-order valence-corrected chi connectivity index (χ2v) is 6.87. The van der Waals surface area contributed by atoms with Crippen molar-refractivity contribution in [1.29, 1.82) is 0 Å². The topological polar surface area (TPSA) is 20.2 Å². The molecule has 0 aliphatic rings. The molecule has 130 valence electrons. The Morgan fingerprint density at radius 2 is 1.12 bits per heavy atom. The first kappa shape index (κ1) is 19.1. The van der Waals surface area contributed by atoms with E-state index in [-0.39, 0.29) is 11.6 Å². The lowest BCUT2D eigenvalue weighted by Gasteiger charge is -2.29. The highest BCUT2D eigenvalue weighted by Gasteiger charge is 2.31. The van der Waals surface area contributed by atoms with Gasteiger partial charge in [0.05, 0.1) is 0 Å². The summed E-state index contributed by atoms with van der Waals surface area (Å²) in [6.45, 7) is 0. The lowest BCUT2D eigenvalue weighted by Crippen LogP contribution is -2.27. The molecule has 0 atom stereocenters. The highest BCUT2D eigenvalue weighted by molar-refractivity contribution is 9.09. The second-order valence-electron chi connectivity index (χ2n) is 6.08. The smallest absolute Gasteiger partial charge is 0.123 e. The first-order valence-electron chi connectivity index (χ1n) is 8.37. The van der Waals surface area contributed by atoms with Gasteiger partial charge in [-0.1, -0.05) is 59.5 Å². The van der Waals surface area contributed by atoms with Crippen molar-refractivity contribution in [2.24, 2.45) is 0 Å². The number of hydrogen-bond acceptors (Lipinski definition) is 1. The predicted octanol–water partition coefficient (Wildman–Crippen LogP) is 5.94. The molecule has 0 heterocycles. The van der Waals surface area contributed by atoms with Crippen LogP contribution in [0.15, 0.2) is 48.5 Å². The van der Waals surface area contributed by atoms with E-state index in [1.165, 1.54) is 24.3 Å². The van der Waals surface area contributed by atoms with Crippen LogP contribution < -0.4 is 0 Å². The van der Waals surface area contributed by atoms with Gasteiger partial charge in [0, 0.05) is 5.33 Å². The van der Waals surface area contributed by atoms with E-state index in [0.29, 0.717) is 17.5 Å². The van der Waals surface area contributed by atoms with Crippen molar-refractivity contribution >= 4 is 15.9 Å². The molecule has 0 aliphatic carbocycles.